The average Bonchev–Trinajstić information content (AvgIpc) is 2.79. The van der Waals surface area contributed by atoms with E-state index in [2.05, 4.69) is 20.9 Å². The van der Waals surface area contributed by atoms with E-state index in [9.17, 15) is 19.2 Å². The number of methoxy groups -OCH3 is 1. The van der Waals surface area contributed by atoms with Crippen LogP contribution in [0.5, 0.6) is 5.75 Å². The number of hydrogen-bond donors (Lipinski definition) is 3. The first-order valence-corrected chi connectivity index (χ1v) is 9.59. The maximum absolute atomic E-state index is 12.8. The zero-order chi connectivity index (χ0) is 23.1. The molecule has 0 aliphatic heterocycles. The SMILES string of the molecule is CCOC(=O)CNC(=O)c1cccn2c(=O)c(NC(=O)Nc3cccc(OC)c3)cnc12. The Bertz CT molecular complexity index is 1220. The maximum atomic E-state index is 12.8. The molecule has 3 aromatic rings. The third-order valence-corrected chi connectivity index (χ3v) is 4.25. The molecule has 3 amide bonds. The fourth-order valence-electron chi connectivity index (χ4n) is 2.81. The minimum Gasteiger partial charge on any atom is -0.497 e. The summed E-state index contributed by atoms with van der Waals surface area (Å²) in [5, 5.41) is 7.46. The van der Waals surface area contributed by atoms with Crippen LogP contribution in [0.25, 0.3) is 5.65 Å². The highest BCUT2D eigenvalue weighted by atomic mass is 16.5. The van der Waals surface area contributed by atoms with Gasteiger partial charge in [-0.15, -0.1) is 0 Å². The van der Waals surface area contributed by atoms with E-state index in [1.54, 1.807) is 31.2 Å². The predicted molar refractivity (Wildman–Crippen MR) is 116 cm³/mol. The lowest BCUT2D eigenvalue weighted by Crippen LogP contribution is -2.32. The van der Waals surface area contributed by atoms with Crippen molar-refractivity contribution in [2.24, 2.45) is 0 Å². The maximum Gasteiger partial charge on any atom is 0.325 e. The molecule has 0 aliphatic carbocycles. The highest BCUT2D eigenvalue weighted by Crippen LogP contribution is 2.17. The summed E-state index contributed by atoms with van der Waals surface area (Å²) in [6, 6.07) is 9.00. The highest BCUT2D eigenvalue weighted by Gasteiger charge is 2.16. The van der Waals surface area contributed by atoms with Crippen molar-refractivity contribution in [2.45, 2.75) is 6.92 Å². The molecule has 0 fully saturated rings. The van der Waals surface area contributed by atoms with Crippen LogP contribution in [0, 0.1) is 0 Å². The van der Waals surface area contributed by atoms with Crippen LogP contribution in [0.3, 0.4) is 0 Å². The van der Waals surface area contributed by atoms with Gasteiger partial charge in [0.2, 0.25) is 0 Å². The lowest BCUT2D eigenvalue weighted by atomic mass is 10.2. The molecule has 0 bridgehead atoms. The number of nitrogens with zero attached hydrogens (tertiary/aromatic N) is 2. The Hall–Kier alpha value is -4.41. The monoisotopic (exact) mass is 439 g/mol. The van der Waals surface area contributed by atoms with Gasteiger partial charge in [0.25, 0.3) is 11.5 Å². The van der Waals surface area contributed by atoms with Gasteiger partial charge in [0.05, 0.1) is 25.5 Å². The topological polar surface area (TPSA) is 140 Å². The number of carbonyl (C=O) groups excluding carboxylic acids is 3. The molecule has 32 heavy (non-hydrogen) atoms. The zero-order valence-electron chi connectivity index (χ0n) is 17.4. The molecular formula is C21H21N5O6. The molecule has 3 rings (SSSR count). The first kappa shape index (κ1) is 22.3. The number of nitrogens with one attached hydrogen (secondary N) is 3. The Morgan fingerprint density at radius 1 is 1.12 bits per heavy atom. The van der Waals surface area contributed by atoms with Crippen LogP contribution in [0.4, 0.5) is 16.2 Å². The summed E-state index contributed by atoms with van der Waals surface area (Å²) < 4.78 is 11.0. The van der Waals surface area contributed by atoms with E-state index >= 15 is 0 Å². The van der Waals surface area contributed by atoms with Crippen molar-refractivity contribution < 1.29 is 23.9 Å². The van der Waals surface area contributed by atoms with Gasteiger partial charge in [-0.05, 0) is 31.2 Å². The number of esters is 1. The first-order chi connectivity index (χ1) is 15.4. The standard InChI is InChI=1S/C21H21N5O6/c1-3-32-17(27)12-23-19(28)15-8-5-9-26-18(15)22-11-16(20(26)29)25-21(30)24-13-6-4-7-14(10-13)31-2/h4-11H,3,12H2,1-2H3,(H,23,28)(H2,24,25,30). The van der Waals surface area contributed by atoms with E-state index in [-0.39, 0.29) is 30.0 Å². The Morgan fingerprint density at radius 3 is 2.69 bits per heavy atom. The molecule has 0 radical (unpaired) electrons. The Kier molecular flexibility index (Phi) is 7.01. The van der Waals surface area contributed by atoms with Crippen LogP contribution in [0.1, 0.15) is 17.3 Å². The van der Waals surface area contributed by atoms with E-state index in [1.165, 1.54) is 25.4 Å². The molecule has 0 saturated carbocycles. The molecule has 0 aliphatic rings. The number of ether oxygens (including phenoxy) is 2. The quantitative estimate of drug-likeness (QED) is 0.475. The minimum atomic E-state index is -0.652. The van der Waals surface area contributed by atoms with Crippen LogP contribution in [0.15, 0.2) is 53.6 Å². The minimum absolute atomic E-state index is 0.0672. The summed E-state index contributed by atoms with van der Waals surface area (Å²) >= 11 is 0. The van der Waals surface area contributed by atoms with Gasteiger partial charge in [-0.25, -0.2) is 9.78 Å². The van der Waals surface area contributed by atoms with Gasteiger partial charge in [0, 0.05) is 18.0 Å². The second kappa shape index (κ2) is 10.1. The summed E-state index contributed by atoms with van der Waals surface area (Å²) in [6.07, 6.45) is 2.57. The van der Waals surface area contributed by atoms with Gasteiger partial charge in [-0.1, -0.05) is 6.07 Å². The Labute approximate surface area is 182 Å². The number of fused-ring (bicyclic) bond motifs is 1. The summed E-state index contributed by atoms with van der Waals surface area (Å²) in [4.78, 5) is 53.1. The van der Waals surface area contributed by atoms with Crippen molar-refractivity contribution in [1.82, 2.24) is 14.7 Å². The van der Waals surface area contributed by atoms with Crippen LogP contribution in [-0.2, 0) is 9.53 Å². The van der Waals surface area contributed by atoms with Crippen LogP contribution in [-0.4, -0.2) is 47.6 Å². The number of amides is 3. The van der Waals surface area contributed by atoms with Gasteiger partial charge in [0.1, 0.15) is 18.0 Å². The molecule has 166 valence electrons. The fourth-order valence-corrected chi connectivity index (χ4v) is 2.81. The number of anilines is 2. The van der Waals surface area contributed by atoms with E-state index in [0.29, 0.717) is 11.4 Å². The van der Waals surface area contributed by atoms with Gasteiger partial charge in [0.15, 0.2) is 5.65 Å². The number of hydrogen-bond acceptors (Lipinski definition) is 7. The zero-order valence-corrected chi connectivity index (χ0v) is 17.4. The first-order valence-electron chi connectivity index (χ1n) is 9.59. The van der Waals surface area contributed by atoms with E-state index in [0.717, 1.165) is 10.6 Å². The van der Waals surface area contributed by atoms with Crippen molar-refractivity contribution in [2.75, 3.05) is 30.9 Å². The van der Waals surface area contributed by atoms with Gasteiger partial charge in [-0.3, -0.25) is 18.8 Å². The van der Waals surface area contributed by atoms with E-state index in [1.807, 2.05) is 0 Å². The lowest BCUT2D eigenvalue weighted by Gasteiger charge is -2.11. The van der Waals surface area contributed by atoms with Crippen LogP contribution < -0.4 is 26.2 Å². The molecule has 3 N–H and O–H groups in total. The molecule has 2 heterocycles. The van der Waals surface area contributed by atoms with E-state index < -0.39 is 23.5 Å². The second-order valence-electron chi connectivity index (χ2n) is 6.39. The third-order valence-electron chi connectivity index (χ3n) is 4.25. The lowest BCUT2D eigenvalue weighted by molar-refractivity contribution is -0.141. The summed E-state index contributed by atoms with van der Waals surface area (Å²) in [7, 11) is 1.51. The van der Waals surface area contributed by atoms with Crippen LogP contribution >= 0.6 is 0 Å². The number of rotatable bonds is 7. The van der Waals surface area contributed by atoms with Crippen molar-refractivity contribution in [3.63, 3.8) is 0 Å². The molecule has 0 atom stereocenters. The number of pyridine rings is 1. The molecule has 1 aromatic carbocycles. The molecule has 0 saturated heterocycles. The van der Waals surface area contributed by atoms with Crippen molar-refractivity contribution in [3.05, 3.63) is 64.7 Å². The van der Waals surface area contributed by atoms with Crippen molar-refractivity contribution >= 4 is 34.9 Å². The van der Waals surface area contributed by atoms with Crippen molar-refractivity contribution in [3.8, 4) is 5.75 Å². The average molecular weight is 439 g/mol. The summed E-state index contributed by atoms with van der Waals surface area (Å²) in [5.41, 5.74) is -0.0574. The normalized spacial score (nSPS) is 10.3. The molecule has 0 unspecified atom stereocenters. The van der Waals surface area contributed by atoms with Crippen molar-refractivity contribution in [1.29, 1.82) is 0 Å². The Morgan fingerprint density at radius 2 is 1.94 bits per heavy atom. The number of benzene rings is 1. The predicted octanol–water partition coefficient (Wildman–Crippen LogP) is 1.64. The molecule has 2 aromatic heterocycles. The smallest absolute Gasteiger partial charge is 0.325 e. The molecule has 0 spiro atoms. The Balaban J connectivity index is 1.78. The van der Waals surface area contributed by atoms with Gasteiger partial charge >= 0.3 is 12.0 Å². The number of urea groups is 1. The number of aromatic nitrogens is 2. The van der Waals surface area contributed by atoms with Gasteiger partial charge in [-0.2, -0.15) is 0 Å². The largest absolute Gasteiger partial charge is 0.497 e. The third kappa shape index (κ3) is 5.19. The highest BCUT2D eigenvalue weighted by molar-refractivity contribution is 6.01. The fraction of sp³-hybridized carbons (Fsp3) is 0.190. The molecule has 11 nitrogen and oxygen atoms in total. The second-order valence-corrected chi connectivity index (χ2v) is 6.39. The summed E-state index contributed by atoms with van der Waals surface area (Å²) in [5.74, 6) is -0.622. The molecular weight excluding hydrogens is 418 g/mol. The van der Waals surface area contributed by atoms with Gasteiger partial charge < -0.3 is 25.4 Å². The van der Waals surface area contributed by atoms with Crippen LogP contribution in [0.2, 0.25) is 0 Å². The van der Waals surface area contributed by atoms with E-state index in [4.69, 9.17) is 9.47 Å². The molecule has 11 heteroatoms. The number of carbonyl (C=O) groups is 3. The summed E-state index contributed by atoms with van der Waals surface area (Å²) in [6.45, 7) is 1.53.